The number of aliphatic hydroxyl groups is 1. The van der Waals surface area contributed by atoms with Crippen LogP contribution >= 0.6 is 11.6 Å². The molecule has 12 heavy (non-hydrogen) atoms. The summed E-state index contributed by atoms with van der Waals surface area (Å²) in [5, 5.41) is 11.6. The first kappa shape index (κ1) is 11.7. The fraction of sp³-hybridized carbons (Fsp3) is 0.875. The standard InChI is InChI=1S/C8H16ClNO2/c1-6(2)7(5-11)10-8(12)3-4-9/h6-7,11H,3-5H2,1-2H3,(H,10,12). The van der Waals surface area contributed by atoms with E-state index in [1.165, 1.54) is 0 Å². The lowest BCUT2D eigenvalue weighted by Gasteiger charge is -2.19. The van der Waals surface area contributed by atoms with Crippen LogP contribution in [0, 0.1) is 5.92 Å². The molecule has 0 aromatic rings. The Labute approximate surface area is 78.1 Å². The minimum absolute atomic E-state index is 0.0221. The van der Waals surface area contributed by atoms with E-state index in [2.05, 4.69) is 5.32 Å². The van der Waals surface area contributed by atoms with Gasteiger partial charge in [-0.2, -0.15) is 0 Å². The van der Waals surface area contributed by atoms with Crippen molar-refractivity contribution >= 4 is 17.5 Å². The summed E-state index contributed by atoms with van der Waals surface area (Å²) in [6.07, 6.45) is 0.310. The lowest BCUT2D eigenvalue weighted by molar-refractivity contribution is -0.122. The van der Waals surface area contributed by atoms with Crippen LogP contribution in [0.1, 0.15) is 20.3 Å². The van der Waals surface area contributed by atoms with Gasteiger partial charge in [-0.05, 0) is 5.92 Å². The van der Waals surface area contributed by atoms with Gasteiger partial charge in [0.05, 0.1) is 12.6 Å². The molecule has 0 aliphatic rings. The summed E-state index contributed by atoms with van der Waals surface area (Å²) in [7, 11) is 0. The molecule has 1 amide bonds. The van der Waals surface area contributed by atoms with Gasteiger partial charge in [-0.1, -0.05) is 13.8 Å². The SMILES string of the molecule is CC(C)C(CO)NC(=O)CCCl. The number of alkyl halides is 1. The second kappa shape index (κ2) is 6.26. The average molecular weight is 194 g/mol. The molecule has 0 rings (SSSR count). The third kappa shape index (κ3) is 4.57. The zero-order valence-corrected chi connectivity index (χ0v) is 8.27. The number of carbonyl (C=O) groups excluding carboxylic acids is 1. The summed E-state index contributed by atoms with van der Waals surface area (Å²) in [6, 6.07) is -0.152. The highest BCUT2D eigenvalue weighted by atomic mass is 35.5. The van der Waals surface area contributed by atoms with Crippen molar-refractivity contribution in [3.63, 3.8) is 0 Å². The monoisotopic (exact) mass is 193 g/mol. The predicted molar refractivity (Wildman–Crippen MR) is 49.2 cm³/mol. The second-order valence-corrected chi connectivity index (χ2v) is 3.42. The maximum absolute atomic E-state index is 11.0. The maximum Gasteiger partial charge on any atom is 0.221 e. The van der Waals surface area contributed by atoms with E-state index < -0.39 is 0 Å². The molecule has 0 fully saturated rings. The molecular formula is C8H16ClNO2. The molecule has 0 aliphatic heterocycles. The molecule has 2 N–H and O–H groups in total. The number of hydrogen-bond donors (Lipinski definition) is 2. The van der Waals surface area contributed by atoms with Crippen molar-refractivity contribution in [1.82, 2.24) is 5.32 Å². The number of rotatable bonds is 5. The first-order chi connectivity index (χ1) is 5.61. The zero-order valence-electron chi connectivity index (χ0n) is 7.51. The van der Waals surface area contributed by atoms with Crippen LogP contribution in [-0.4, -0.2) is 29.5 Å². The molecule has 0 radical (unpaired) electrons. The highest BCUT2D eigenvalue weighted by Crippen LogP contribution is 2.00. The van der Waals surface area contributed by atoms with Gasteiger partial charge >= 0.3 is 0 Å². The molecule has 0 aromatic carbocycles. The molecule has 4 heteroatoms. The van der Waals surface area contributed by atoms with Gasteiger partial charge in [0.25, 0.3) is 0 Å². The molecule has 1 atom stereocenters. The summed E-state index contributed by atoms with van der Waals surface area (Å²) in [5.41, 5.74) is 0. The number of carbonyl (C=O) groups is 1. The van der Waals surface area contributed by atoms with Gasteiger partial charge in [-0.15, -0.1) is 11.6 Å². The average Bonchev–Trinajstić information content (AvgIpc) is 2.00. The van der Waals surface area contributed by atoms with E-state index in [1.54, 1.807) is 0 Å². The van der Waals surface area contributed by atoms with E-state index >= 15 is 0 Å². The zero-order chi connectivity index (χ0) is 9.56. The Balaban J connectivity index is 3.77. The maximum atomic E-state index is 11.0. The molecule has 0 saturated carbocycles. The van der Waals surface area contributed by atoms with Gasteiger partial charge in [-0.25, -0.2) is 0 Å². The van der Waals surface area contributed by atoms with Gasteiger partial charge in [0, 0.05) is 12.3 Å². The smallest absolute Gasteiger partial charge is 0.221 e. The van der Waals surface area contributed by atoms with Crippen LogP contribution in [0.5, 0.6) is 0 Å². The first-order valence-electron chi connectivity index (χ1n) is 4.08. The van der Waals surface area contributed by atoms with Crippen LogP contribution in [0.25, 0.3) is 0 Å². The van der Waals surface area contributed by atoms with Crippen molar-refractivity contribution in [3.8, 4) is 0 Å². The largest absolute Gasteiger partial charge is 0.394 e. The lowest BCUT2D eigenvalue weighted by atomic mass is 10.1. The van der Waals surface area contributed by atoms with Crippen LogP contribution in [-0.2, 0) is 4.79 Å². The summed E-state index contributed by atoms with van der Waals surface area (Å²) < 4.78 is 0. The number of hydrogen-bond acceptors (Lipinski definition) is 2. The predicted octanol–water partition coefficient (Wildman–Crippen LogP) is 0.748. The van der Waals surface area contributed by atoms with E-state index in [-0.39, 0.29) is 24.5 Å². The summed E-state index contributed by atoms with van der Waals surface area (Å²) >= 11 is 5.38. The van der Waals surface area contributed by atoms with Crippen molar-refractivity contribution < 1.29 is 9.90 Å². The molecule has 3 nitrogen and oxygen atoms in total. The van der Waals surface area contributed by atoms with Crippen molar-refractivity contribution in [3.05, 3.63) is 0 Å². The normalized spacial score (nSPS) is 13.1. The Kier molecular flexibility index (Phi) is 6.11. The first-order valence-corrected chi connectivity index (χ1v) is 4.61. The van der Waals surface area contributed by atoms with Crippen LogP contribution in [0.3, 0.4) is 0 Å². The van der Waals surface area contributed by atoms with Gasteiger partial charge < -0.3 is 10.4 Å². The number of aliphatic hydroxyl groups excluding tert-OH is 1. The Morgan fingerprint density at radius 1 is 1.58 bits per heavy atom. The lowest BCUT2D eigenvalue weighted by Crippen LogP contribution is -2.41. The Morgan fingerprint density at radius 3 is 2.50 bits per heavy atom. The quantitative estimate of drug-likeness (QED) is 0.634. The van der Waals surface area contributed by atoms with E-state index in [0.717, 1.165) is 0 Å². The number of amides is 1. The fourth-order valence-electron chi connectivity index (χ4n) is 0.788. The number of halogens is 1. The Morgan fingerprint density at radius 2 is 2.17 bits per heavy atom. The second-order valence-electron chi connectivity index (χ2n) is 3.04. The van der Waals surface area contributed by atoms with E-state index in [9.17, 15) is 4.79 Å². The Hall–Kier alpha value is -0.280. The van der Waals surface area contributed by atoms with Crippen molar-refractivity contribution in [2.75, 3.05) is 12.5 Å². The third-order valence-corrected chi connectivity index (χ3v) is 1.86. The summed E-state index contributed by atoms with van der Waals surface area (Å²) in [4.78, 5) is 11.0. The third-order valence-electron chi connectivity index (χ3n) is 1.67. The topological polar surface area (TPSA) is 49.3 Å². The molecule has 0 aliphatic carbocycles. The fourth-order valence-corrected chi connectivity index (χ4v) is 0.960. The van der Waals surface area contributed by atoms with Gasteiger partial charge in [0.2, 0.25) is 5.91 Å². The highest BCUT2D eigenvalue weighted by molar-refractivity contribution is 6.18. The molecule has 72 valence electrons. The van der Waals surface area contributed by atoms with Crippen molar-refractivity contribution in [1.29, 1.82) is 0 Å². The van der Waals surface area contributed by atoms with E-state index in [1.807, 2.05) is 13.8 Å². The van der Waals surface area contributed by atoms with E-state index in [0.29, 0.717) is 12.3 Å². The Bertz CT molecular complexity index is 139. The highest BCUT2D eigenvalue weighted by Gasteiger charge is 2.13. The van der Waals surface area contributed by atoms with Gasteiger partial charge in [0.15, 0.2) is 0 Å². The van der Waals surface area contributed by atoms with Crippen LogP contribution in [0.2, 0.25) is 0 Å². The van der Waals surface area contributed by atoms with Gasteiger partial charge in [-0.3, -0.25) is 4.79 Å². The van der Waals surface area contributed by atoms with Crippen LogP contribution in [0.4, 0.5) is 0 Å². The molecule has 0 aromatic heterocycles. The molecule has 0 spiro atoms. The molecular weight excluding hydrogens is 178 g/mol. The van der Waals surface area contributed by atoms with E-state index in [4.69, 9.17) is 16.7 Å². The molecule has 0 heterocycles. The van der Waals surface area contributed by atoms with Crippen molar-refractivity contribution in [2.45, 2.75) is 26.3 Å². The number of nitrogens with one attached hydrogen (secondary N) is 1. The molecule has 0 saturated heterocycles. The van der Waals surface area contributed by atoms with Crippen molar-refractivity contribution in [2.24, 2.45) is 5.92 Å². The molecule has 0 bridgehead atoms. The van der Waals surface area contributed by atoms with Gasteiger partial charge in [0.1, 0.15) is 0 Å². The van der Waals surface area contributed by atoms with Crippen LogP contribution < -0.4 is 5.32 Å². The minimum atomic E-state index is -0.152. The molecule has 1 unspecified atom stereocenters. The summed E-state index contributed by atoms with van der Waals surface area (Å²) in [6.45, 7) is 3.87. The summed E-state index contributed by atoms with van der Waals surface area (Å²) in [5.74, 6) is 0.467. The minimum Gasteiger partial charge on any atom is -0.394 e. The van der Waals surface area contributed by atoms with Crippen LogP contribution in [0.15, 0.2) is 0 Å².